The monoisotopic (exact) mass is 499 g/mol. The molecule has 3 aromatic rings. The molecule has 1 aliphatic carbocycles. The summed E-state index contributed by atoms with van der Waals surface area (Å²) in [6.07, 6.45) is 6.43. The maximum Gasteiger partial charge on any atom is 0.225 e. The summed E-state index contributed by atoms with van der Waals surface area (Å²) < 4.78 is 18.0. The van der Waals surface area contributed by atoms with Crippen molar-refractivity contribution < 1.29 is 19.0 Å². The summed E-state index contributed by atoms with van der Waals surface area (Å²) >= 11 is 0. The molecule has 1 amide bonds. The van der Waals surface area contributed by atoms with E-state index in [4.69, 9.17) is 14.2 Å². The quantitative estimate of drug-likeness (QED) is 0.342. The van der Waals surface area contributed by atoms with Gasteiger partial charge in [0, 0.05) is 25.4 Å². The van der Waals surface area contributed by atoms with Crippen LogP contribution in [-0.4, -0.2) is 37.6 Å². The second-order valence-corrected chi connectivity index (χ2v) is 10.4. The second-order valence-electron chi connectivity index (χ2n) is 10.4. The van der Waals surface area contributed by atoms with Crippen LogP contribution in [0.15, 0.2) is 72.8 Å². The topological polar surface area (TPSA) is 48.0 Å². The first kappa shape index (κ1) is 25.2. The number of piperidine rings is 1. The van der Waals surface area contributed by atoms with Crippen molar-refractivity contribution in [3.8, 4) is 17.2 Å². The average Bonchev–Trinajstić information content (AvgIpc) is 3.44. The van der Waals surface area contributed by atoms with E-state index in [0.29, 0.717) is 19.6 Å². The summed E-state index contributed by atoms with van der Waals surface area (Å²) in [4.78, 5) is 15.0. The number of nitrogens with zero attached hydrogens (tertiary/aromatic N) is 1. The molecule has 0 N–H and O–H groups in total. The van der Waals surface area contributed by atoms with Crippen LogP contribution in [0.3, 0.4) is 0 Å². The van der Waals surface area contributed by atoms with E-state index >= 15 is 0 Å². The minimum absolute atomic E-state index is 0.0746. The number of hydrogen-bond acceptors (Lipinski definition) is 4. The predicted molar refractivity (Wildman–Crippen MR) is 145 cm³/mol. The number of carbonyl (C=O) groups is 1. The second kappa shape index (κ2) is 11.7. The number of methoxy groups -OCH3 is 1. The molecule has 0 aromatic heterocycles. The molecule has 2 atom stereocenters. The Balaban J connectivity index is 1.28. The lowest BCUT2D eigenvalue weighted by Crippen LogP contribution is -2.42. The molecule has 5 heteroatoms. The van der Waals surface area contributed by atoms with Crippen LogP contribution in [0.5, 0.6) is 17.2 Å². The van der Waals surface area contributed by atoms with Crippen LogP contribution in [0.2, 0.25) is 0 Å². The molecule has 1 saturated carbocycles. The van der Waals surface area contributed by atoms with Gasteiger partial charge in [0.15, 0.2) is 11.5 Å². The van der Waals surface area contributed by atoms with Crippen LogP contribution in [-0.2, 0) is 17.8 Å². The number of rotatable bonds is 9. The zero-order valence-corrected chi connectivity index (χ0v) is 21.9. The predicted octanol–water partition coefficient (Wildman–Crippen LogP) is 6.40. The highest BCUT2D eigenvalue weighted by molar-refractivity contribution is 5.80. The lowest BCUT2D eigenvalue weighted by molar-refractivity contribution is -0.137. The van der Waals surface area contributed by atoms with Gasteiger partial charge in [-0.05, 0) is 79.5 Å². The van der Waals surface area contributed by atoms with E-state index in [1.54, 1.807) is 7.11 Å². The Morgan fingerprint density at radius 3 is 2.46 bits per heavy atom. The van der Waals surface area contributed by atoms with Crippen molar-refractivity contribution >= 4 is 5.91 Å². The largest absolute Gasteiger partial charge is 0.493 e. The SMILES string of the molecule is COc1ccc([C@@H]2C[C@@H](Cc3cccc(OCc4ccccc4)c3)C(=O)N(C)C2)cc1OC1CCCC1. The zero-order chi connectivity index (χ0) is 25.6. The maximum absolute atomic E-state index is 13.1. The van der Waals surface area contributed by atoms with Crippen LogP contribution < -0.4 is 14.2 Å². The molecule has 5 nitrogen and oxygen atoms in total. The number of benzene rings is 3. The van der Waals surface area contributed by atoms with Gasteiger partial charge in [-0.2, -0.15) is 0 Å². The highest BCUT2D eigenvalue weighted by Crippen LogP contribution is 2.38. The zero-order valence-electron chi connectivity index (χ0n) is 21.9. The number of carbonyl (C=O) groups excluding carboxylic acids is 1. The molecule has 5 rings (SSSR count). The summed E-state index contributed by atoms with van der Waals surface area (Å²) in [6.45, 7) is 1.24. The van der Waals surface area contributed by atoms with Gasteiger partial charge in [-0.25, -0.2) is 0 Å². The Hall–Kier alpha value is -3.47. The molecule has 3 aromatic carbocycles. The number of likely N-dealkylation sites (N-methyl/N-ethyl adjacent to an activating group) is 1. The van der Waals surface area contributed by atoms with Crippen LogP contribution in [0.4, 0.5) is 0 Å². The van der Waals surface area contributed by atoms with Crippen molar-refractivity contribution in [2.45, 2.75) is 57.2 Å². The summed E-state index contributed by atoms with van der Waals surface area (Å²) in [7, 11) is 3.61. The minimum atomic E-state index is -0.0746. The van der Waals surface area contributed by atoms with Gasteiger partial charge in [0.1, 0.15) is 12.4 Å². The van der Waals surface area contributed by atoms with E-state index in [1.165, 1.54) is 18.4 Å². The molecule has 0 unspecified atom stereocenters. The molecule has 1 aliphatic heterocycles. The Bertz CT molecular complexity index is 1190. The summed E-state index contributed by atoms with van der Waals surface area (Å²) in [6, 6.07) is 24.6. The highest BCUT2D eigenvalue weighted by Gasteiger charge is 2.33. The van der Waals surface area contributed by atoms with Crippen LogP contribution >= 0.6 is 0 Å². The smallest absolute Gasteiger partial charge is 0.225 e. The molecule has 2 fully saturated rings. The summed E-state index contributed by atoms with van der Waals surface area (Å²) in [5, 5.41) is 0. The molecule has 0 spiro atoms. The molecule has 0 radical (unpaired) electrons. The van der Waals surface area contributed by atoms with Crippen LogP contribution in [0, 0.1) is 5.92 Å². The van der Waals surface area contributed by atoms with Crippen molar-refractivity contribution in [1.29, 1.82) is 0 Å². The molecule has 0 bridgehead atoms. The number of ether oxygens (including phenoxy) is 3. The van der Waals surface area contributed by atoms with Crippen molar-refractivity contribution in [3.63, 3.8) is 0 Å². The lowest BCUT2D eigenvalue weighted by Gasteiger charge is -2.36. The summed E-state index contributed by atoms with van der Waals surface area (Å²) in [5.74, 6) is 2.82. The van der Waals surface area contributed by atoms with Gasteiger partial charge in [0.25, 0.3) is 0 Å². The van der Waals surface area contributed by atoms with Gasteiger partial charge < -0.3 is 19.1 Å². The van der Waals surface area contributed by atoms with Crippen molar-refractivity contribution in [2.24, 2.45) is 5.92 Å². The van der Waals surface area contributed by atoms with E-state index in [0.717, 1.165) is 47.6 Å². The highest BCUT2D eigenvalue weighted by atomic mass is 16.5. The fourth-order valence-electron chi connectivity index (χ4n) is 5.68. The molecule has 1 saturated heterocycles. The third kappa shape index (κ3) is 6.27. The Labute approximate surface area is 220 Å². The van der Waals surface area contributed by atoms with Gasteiger partial charge in [0.05, 0.1) is 13.2 Å². The summed E-state index contributed by atoms with van der Waals surface area (Å²) in [5.41, 5.74) is 3.46. The first-order valence-electron chi connectivity index (χ1n) is 13.4. The maximum atomic E-state index is 13.1. The normalized spacial score (nSPS) is 20.2. The van der Waals surface area contributed by atoms with E-state index in [2.05, 4.69) is 36.4 Å². The fraction of sp³-hybridized carbons (Fsp3) is 0.406. The number of hydrogen-bond donors (Lipinski definition) is 0. The molecular weight excluding hydrogens is 462 g/mol. The van der Waals surface area contributed by atoms with E-state index in [9.17, 15) is 4.79 Å². The number of likely N-dealkylation sites (tertiary alicyclic amines) is 1. The first-order valence-corrected chi connectivity index (χ1v) is 13.4. The standard InChI is InChI=1S/C32H37NO4/c1-33-21-27(25-15-16-30(35-2)31(20-25)37-28-12-6-7-13-28)19-26(32(33)34)17-24-11-8-14-29(18-24)36-22-23-9-4-3-5-10-23/h3-5,8-11,14-16,18,20,26-28H,6-7,12-13,17,19,21-22H2,1-2H3/t26-,27-/m1/s1. The molecular formula is C32H37NO4. The van der Waals surface area contributed by atoms with Crippen molar-refractivity contribution in [2.75, 3.05) is 20.7 Å². The van der Waals surface area contributed by atoms with Crippen molar-refractivity contribution in [1.82, 2.24) is 4.90 Å². The van der Waals surface area contributed by atoms with Crippen LogP contribution in [0.1, 0.15) is 54.7 Å². The number of amides is 1. The average molecular weight is 500 g/mol. The van der Waals surface area contributed by atoms with Crippen molar-refractivity contribution in [3.05, 3.63) is 89.5 Å². The Kier molecular flexibility index (Phi) is 7.98. The lowest BCUT2D eigenvalue weighted by atomic mass is 9.81. The third-order valence-corrected chi connectivity index (χ3v) is 7.67. The van der Waals surface area contributed by atoms with Gasteiger partial charge in [-0.1, -0.05) is 48.5 Å². The van der Waals surface area contributed by atoms with Gasteiger partial charge >= 0.3 is 0 Å². The van der Waals surface area contributed by atoms with Gasteiger partial charge in [0.2, 0.25) is 5.91 Å². The first-order chi connectivity index (χ1) is 18.1. The van der Waals surface area contributed by atoms with Gasteiger partial charge in [-0.15, -0.1) is 0 Å². The Morgan fingerprint density at radius 2 is 1.68 bits per heavy atom. The molecule has 2 aliphatic rings. The van der Waals surface area contributed by atoms with Crippen LogP contribution in [0.25, 0.3) is 0 Å². The minimum Gasteiger partial charge on any atom is -0.493 e. The molecule has 1 heterocycles. The third-order valence-electron chi connectivity index (χ3n) is 7.67. The van der Waals surface area contributed by atoms with Gasteiger partial charge in [-0.3, -0.25) is 4.79 Å². The van der Waals surface area contributed by atoms with E-state index in [1.807, 2.05) is 48.3 Å². The van der Waals surface area contributed by atoms with E-state index < -0.39 is 0 Å². The Morgan fingerprint density at radius 1 is 0.892 bits per heavy atom. The molecule has 194 valence electrons. The van der Waals surface area contributed by atoms with E-state index in [-0.39, 0.29) is 23.8 Å². The molecule has 37 heavy (non-hydrogen) atoms. The fourth-order valence-corrected chi connectivity index (χ4v) is 5.68.